The van der Waals surface area contributed by atoms with E-state index in [1.165, 1.54) is 12.1 Å². The number of likely N-dealkylation sites (tertiary alicyclic amines) is 1. The molecule has 1 amide bonds. The van der Waals surface area contributed by atoms with Gasteiger partial charge in [0.15, 0.2) is 0 Å². The molecule has 0 bridgehead atoms. The Kier molecular flexibility index (Phi) is 3.84. The predicted molar refractivity (Wildman–Crippen MR) is 105 cm³/mol. The molecule has 3 aromatic carbocycles. The van der Waals surface area contributed by atoms with Crippen molar-refractivity contribution >= 4 is 27.6 Å². The SMILES string of the molecule is O=C(c1ccc2c(-c3cnc4ccc(F)cc4c3)cccc2c1)N1CC(F)(F)C1. The summed E-state index contributed by atoms with van der Waals surface area (Å²) in [5.41, 5.74) is 2.81. The molecular weight excluding hydrogens is 377 g/mol. The molecular formula is C23H15F3N2O. The summed E-state index contributed by atoms with van der Waals surface area (Å²) in [5.74, 6) is -3.51. The smallest absolute Gasteiger partial charge is 0.282 e. The number of fused-ring (bicyclic) bond motifs is 2. The van der Waals surface area contributed by atoms with E-state index in [0.29, 0.717) is 16.5 Å². The van der Waals surface area contributed by atoms with E-state index >= 15 is 0 Å². The molecule has 29 heavy (non-hydrogen) atoms. The maximum Gasteiger partial charge on any atom is 0.282 e. The van der Waals surface area contributed by atoms with Crippen molar-refractivity contribution in [3.63, 3.8) is 0 Å². The predicted octanol–water partition coefficient (Wildman–Crippen LogP) is 5.29. The number of hydrogen-bond acceptors (Lipinski definition) is 2. The molecule has 2 heterocycles. The third-order valence-corrected chi connectivity index (χ3v) is 5.21. The van der Waals surface area contributed by atoms with Crippen LogP contribution in [0.1, 0.15) is 10.4 Å². The van der Waals surface area contributed by atoms with Gasteiger partial charge in [0.2, 0.25) is 0 Å². The second-order valence-electron chi connectivity index (χ2n) is 7.32. The van der Waals surface area contributed by atoms with Crippen LogP contribution in [0.3, 0.4) is 0 Å². The highest BCUT2D eigenvalue weighted by atomic mass is 19.3. The Morgan fingerprint density at radius 2 is 1.79 bits per heavy atom. The van der Waals surface area contributed by atoms with E-state index in [2.05, 4.69) is 4.98 Å². The van der Waals surface area contributed by atoms with Crippen LogP contribution < -0.4 is 0 Å². The van der Waals surface area contributed by atoms with Crippen molar-refractivity contribution in [2.75, 3.05) is 13.1 Å². The number of halogens is 3. The Hall–Kier alpha value is -3.41. The summed E-state index contributed by atoms with van der Waals surface area (Å²) in [5, 5.41) is 2.42. The van der Waals surface area contributed by atoms with Gasteiger partial charge in [-0.2, -0.15) is 0 Å². The van der Waals surface area contributed by atoms with E-state index in [4.69, 9.17) is 0 Å². The normalized spacial score (nSPS) is 15.5. The Morgan fingerprint density at radius 1 is 0.966 bits per heavy atom. The zero-order chi connectivity index (χ0) is 20.2. The Balaban J connectivity index is 1.55. The minimum absolute atomic E-state index is 0.325. The third-order valence-electron chi connectivity index (χ3n) is 5.21. The number of carbonyl (C=O) groups excluding carboxylic acids is 1. The molecule has 0 atom stereocenters. The summed E-state index contributed by atoms with van der Waals surface area (Å²) in [6, 6.07) is 17.2. The second kappa shape index (κ2) is 6.30. The Morgan fingerprint density at radius 3 is 2.59 bits per heavy atom. The number of carbonyl (C=O) groups is 1. The maximum atomic E-state index is 13.6. The number of rotatable bonds is 2. The molecule has 1 aromatic heterocycles. The zero-order valence-electron chi connectivity index (χ0n) is 15.2. The molecule has 3 nitrogen and oxygen atoms in total. The van der Waals surface area contributed by atoms with Gasteiger partial charge in [-0.15, -0.1) is 0 Å². The van der Waals surface area contributed by atoms with Crippen LogP contribution in [-0.2, 0) is 0 Å². The van der Waals surface area contributed by atoms with Crippen LogP contribution in [0, 0.1) is 5.82 Å². The van der Waals surface area contributed by atoms with Crippen LogP contribution in [-0.4, -0.2) is 34.8 Å². The zero-order valence-corrected chi connectivity index (χ0v) is 15.2. The van der Waals surface area contributed by atoms with Crippen molar-refractivity contribution in [2.24, 2.45) is 0 Å². The van der Waals surface area contributed by atoms with Crippen LogP contribution in [0.5, 0.6) is 0 Å². The van der Waals surface area contributed by atoms with Gasteiger partial charge in [-0.1, -0.05) is 24.3 Å². The summed E-state index contributed by atoms with van der Waals surface area (Å²) in [6.45, 7) is -1.08. The van der Waals surface area contributed by atoms with Gasteiger partial charge in [-0.3, -0.25) is 9.78 Å². The molecule has 5 rings (SSSR count). The molecule has 1 aliphatic rings. The lowest BCUT2D eigenvalue weighted by molar-refractivity contribution is -0.113. The molecule has 0 radical (unpaired) electrons. The van der Waals surface area contributed by atoms with E-state index in [1.54, 1.807) is 24.4 Å². The second-order valence-corrected chi connectivity index (χ2v) is 7.32. The van der Waals surface area contributed by atoms with Gasteiger partial charge in [-0.05, 0) is 52.7 Å². The molecule has 144 valence electrons. The molecule has 0 saturated carbocycles. The summed E-state index contributed by atoms with van der Waals surface area (Å²) in [4.78, 5) is 18.0. The van der Waals surface area contributed by atoms with Crippen LogP contribution in [0.25, 0.3) is 32.8 Å². The molecule has 6 heteroatoms. The molecule has 0 spiro atoms. The van der Waals surface area contributed by atoms with Crippen molar-refractivity contribution in [1.29, 1.82) is 0 Å². The average molecular weight is 392 g/mol. The number of benzene rings is 3. The number of amides is 1. The first-order valence-corrected chi connectivity index (χ1v) is 9.15. The first kappa shape index (κ1) is 17.7. The minimum Gasteiger partial charge on any atom is -0.326 e. The molecule has 1 fully saturated rings. The highest BCUT2D eigenvalue weighted by Gasteiger charge is 2.46. The first-order chi connectivity index (χ1) is 13.9. The number of nitrogens with zero attached hydrogens (tertiary/aromatic N) is 2. The topological polar surface area (TPSA) is 33.2 Å². The van der Waals surface area contributed by atoms with E-state index < -0.39 is 24.9 Å². The van der Waals surface area contributed by atoms with Gasteiger partial charge < -0.3 is 4.90 Å². The fraction of sp³-hybridized carbons (Fsp3) is 0.130. The van der Waals surface area contributed by atoms with E-state index in [-0.39, 0.29) is 5.82 Å². The molecule has 4 aromatic rings. The number of alkyl halides is 2. The minimum atomic E-state index is -2.79. The van der Waals surface area contributed by atoms with E-state index in [0.717, 1.165) is 26.8 Å². The Bertz CT molecular complexity index is 1280. The summed E-state index contributed by atoms with van der Waals surface area (Å²) in [6.07, 6.45) is 1.73. The fourth-order valence-electron chi connectivity index (χ4n) is 3.76. The van der Waals surface area contributed by atoms with E-state index in [1.807, 2.05) is 30.3 Å². The van der Waals surface area contributed by atoms with Gasteiger partial charge in [0, 0.05) is 22.7 Å². The average Bonchev–Trinajstić information content (AvgIpc) is 2.70. The molecule has 0 N–H and O–H groups in total. The number of hydrogen-bond donors (Lipinski definition) is 0. The molecule has 0 aliphatic carbocycles. The van der Waals surface area contributed by atoms with Gasteiger partial charge in [0.25, 0.3) is 11.8 Å². The summed E-state index contributed by atoms with van der Waals surface area (Å²) in [7, 11) is 0. The van der Waals surface area contributed by atoms with Crippen molar-refractivity contribution in [1.82, 2.24) is 9.88 Å². The van der Waals surface area contributed by atoms with Gasteiger partial charge >= 0.3 is 0 Å². The third kappa shape index (κ3) is 3.10. The van der Waals surface area contributed by atoms with Gasteiger partial charge in [0.1, 0.15) is 5.82 Å². The molecule has 1 aliphatic heterocycles. The molecule has 1 saturated heterocycles. The lowest BCUT2D eigenvalue weighted by Gasteiger charge is -2.38. The van der Waals surface area contributed by atoms with Crippen LogP contribution >= 0.6 is 0 Å². The van der Waals surface area contributed by atoms with Crippen LogP contribution in [0.2, 0.25) is 0 Å². The van der Waals surface area contributed by atoms with Crippen molar-refractivity contribution in [3.8, 4) is 11.1 Å². The number of aromatic nitrogens is 1. The van der Waals surface area contributed by atoms with Crippen molar-refractivity contribution in [3.05, 3.63) is 78.2 Å². The standard InChI is InChI=1S/C23H15F3N2O/c24-18-5-7-21-16(10-18)9-17(11-27-21)19-3-1-2-14-8-15(4-6-20(14)19)22(29)28-12-23(25,26)13-28/h1-11H,12-13H2. The lowest BCUT2D eigenvalue weighted by atomic mass is 9.96. The largest absolute Gasteiger partial charge is 0.326 e. The number of pyridine rings is 1. The van der Waals surface area contributed by atoms with Crippen molar-refractivity contribution in [2.45, 2.75) is 5.92 Å². The summed E-state index contributed by atoms with van der Waals surface area (Å²) < 4.78 is 39.7. The highest BCUT2D eigenvalue weighted by Crippen LogP contribution is 2.32. The van der Waals surface area contributed by atoms with Crippen LogP contribution in [0.4, 0.5) is 13.2 Å². The lowest BCUT2D eigenvalue weighted by Crippen LogP contribution is -2.58. The van der Waals surface area contributed by atoms with E-state index in [9.17, 15) is 18.0 Å². The summed E-state index contributed by atoms with van der Waals surface area (Å²) >= 11 is 0. The van der Waals surface area contributed by atoms with Gasteiger partial charge in [0.05, 0.1) is 18.6 Å². The Labute approximate surface area is 164 Å². The highest BCUT2D eigenvalue weighted by molar-refractivity contribution is 6.03. The molecule has 0 unspecified atom stereocenters. The quantitative estimate of drug-likeness (QED) is 0.465. The maximum absolute atomic E-state index is 13.6. The van der Waals surface area contributed by atoms with Gasteiger partial charge in [-0.25, -0.2) is 13.2 Å². The fourth-order valence-corrected chi connectivity index (χ4v) is 3.76. The van der Waals surface area contributed by atoms with Crippen molar-refractivity contribution < 1.29 is 18.0 Å². The first-order valence-electron chi connectivity index (χ1n) is 9.15. The monoisotopic (exact) mass is 392 g/mol. The van der Waals surface area contributed by atoms with Crippen LogP contribution in [0.15, 0.2) is 66.9 Å².